The predicted octanol–water partition coefficient (Wildman–Crippen LogP) is 0.336. The van der Waals surface area contributed by atoms with Gasteiger partial charge in [-0.25, -0.2) is 8.42 Å². The van der Waals surface area contributed by atoms with E-state index in [-0.39, 0.29) is 10.9 Å². The highest BCUT2D eigenvalue weighted by atomic mass is 32.2. The average molecular weight is 287 g/mol. The van der Waals surface area contributed by atoms with E-state index >= 15 is 0 Å². The Morgan fingerprint density at radius 2 is 2.00 bits per heavy atom. The molecule has 0 saturated carbocycles. The SMILES string of the molecule is CCN(C(C)CN(C)C)S(=O)(=O)c1c[nH]ccc1=O. The van der Waals surface area contributed by atoms with Crippen LogP contribution >= 0.6 is 0 Å². The fraction of sp³-hybridized carbons (Fsp3) is 0.583. The van der Waals surface area contributed by atoms with Crippen LogP contribution in [0.2, 0.25) is 0 Å². The molecular formula is C12H21N3O3S. The molecule has 0 fully saturated rings. The van der Waals surface area contributed by atoms with E-state index in [0.717, 1.165) is 0 Å². The summed E-state index contributed by atoms with van der Waals surface area (Å²) in [5.74, 6) is 0. The van der Waals surface area contributed by atoms with Crippen molar-refractivity contribution in [1.29, 1.82) is 0 Å². The molecule has 1 rings (SSSR count). The Labute approximate surface area is 114 Å². The number of likely N-dealkylation sites (N-methyl/N-ethyl adjacent to an activating group) is 2. The molecule has 0 radical (unpaired) electrons. The van der Waals surface area contributed by atoms with Gasteiger partial charge in [-0.1, -0.05) is 6.92 Å². The van der Waals surface area contributed by atoms with Crippen molar-refractivity contribution in [3.8, 4) is 0 Å². The first-order valence-electron chi connectivity index (χ1n) is 6.14. The third-order valence-corrected chi connectivity index (χ3v) is 4.92. The monoisotopic (exact) mass is 287 g/mol. The lowest BCUT2D eigenvalue weighted by molar-refractivity contribution is 0.271. The molecule has 19 heavy (non-hydrogen) atoms. The van der Waals surface area contributed by atoms with Crippen molar-refractivity contribution in [3.63, 3.8) is 0 Å². The van der Waals surface area contributed by atoms with Gasteiger partial charge in [0.05, 0.1) is 0 Å². The van der Waals surface area contributed by atoms with Crippen LogP contribution in [-0.2, 0) is 10.0 Å². The highest BCUT2D eigenvalue weighted by molar-refractivity contribution is 7.89. The lowest BCUT2D eigenvalue weighted by Crippen LogP contribution is -2.44. The number of hydrogen-bond donors (Lipinski definition) is 1. The van der Waals surface area contributed by atoms with Gasteiger partial charge >= 0.3 is 0 Å². The zero-order valence-electron chi connectivity index (χ0n) is 11.8. The zero-order valence-corrected chi connectivity index (χ0v) is 12.6. The smallest absolute Gasteiger partial charge is 0.248 e. The van der Waals surface area contributed by atoms with Crippen molar-refractivity contribution in [2.75, 3.05) is 27.2 Å². The van der Waals surface area contributed by atoms with Crippen LogP contribution in [0.4, 0.5) is 0 Å². The summed E-state index contributed by atoms with van der Waals surface area (Å²) in [5.41, 5.74) is -0.491. The summed E-state index contributed by atoms with van der Waals surface area (Å²) in [7, 11) is -0.00129. The maximum atomic E-state index is 12.5. The number of nitrogens with zero attached hydrogens (tertiary/aromatic N) is 2. The van der Waals surface area contributed by atoms with E-state index in [1.54, 1.807) is 6.92 Å². The Morgan fingerprint density at radius 1 is 1.37 bits per heavy atom. The Kier molecular flexibility index (Phi) is 5.28. The van der Waals surface area contributed by atoms with Gasteiger partial charge in [0.1, 0.15) is 4.90 Å². The number of aromatic nitrogens is 1. The third kappa shape index (κ3) is 3.65. The molecule has 1 N–H and O–H groups in total. The molecule has 1 aromatic heterocycles. The van der Waals surface area contributed by atoms with Crippen molar-refractivity contribution >= 4 is 10.0 Å². The minimum absolute atomic E-state index is 0.204. The Hall–Kier alpha value is -1.18. The minimum atomic E-state index is -3.76. The van der Waals surface area contributed by atoms with E-state index in [1.165, 1.54) is 22.8 Å². The van der Waals surface area contributed by atoms with Gasteiger partial charge in [-0.2, -0.15) is 4.31 Å². The van der Waals surface area contributed by atoms with E-state index < -0.39 is 15.5 Å². The van der Waals surface area contributed by atoms with Gasteiger partial charge in [-0.3, -0.25) is 4.79 Å². The fourth-order valence-corrected chi connectivity index (χ4v) is 3.74. The number of nitrogens with one attached hydrogen (secondary N) is 1. The summed E-state index contributed by atoms with van der Waals surface area (Å²) in [6, 6.07) is 1.02. The number of pyridine rings is 1. The molecule has 1 heterocycles. The normalized spacial score (nSPS) is 14.0. The van der Waals surface area contributed by atoms with Crippen molar-refractivity contribution in [2.24, 2.45) is 0 Å². The average Bonchev–Trinajstić information content (AvgIpc) is 2.28. The maximum absolute atomic E-state index is 12.5. The van der Waals surface area contributed by atoms with E-state index in [2.05, 4.69) is 4.98 Å². The highest BCUT2D eigenvalue weighted by Crippen LogP contribution is 2.14. The van der Waals surface area contributed by atoms with Crippen LogP contribution in [0, 0.1) is 0 Å². The van der Waals surface area contributed by atoms with Gasteiger partial charge in [0.2, 0.25) is 15.5 Å². The van der Waals surface area contributed by atoms with Crippen LogP contribution in [0.5, 0.6) is 0 Å². The summed E-state index contributed by atoms with van der Waals surface area (Å²) in [6.07, 6.45) is 2.66. The number of aromatic amines is 1. The summed E-state index contributed by atoms with van der Waals surface area (Å²) < 4.78 is 26.3. The first-order valence-corrected chi connectivity index (χ1v) is 7.58. The molecule has 0 saturated heterocycles. The van der Waals surface area contributed by atoms with E-state index in [1.807, 2.05) is 25.9 Å². The second-order valence-electron chi connectivity index (χ2n) is 4.69. The molecular weight excluding hydrogens is 266 g/mol. The maximum Gasteiger partial charge on any atom is 0.248 e. The van der Waals surface area contributed by atoms with Gasteiger partial charge in [-0.15, -0.1) is 0 Å². The Balaban J connectivity index is 3.17. The van der Waals surface area contributed by atoms with Gasteiger partial charge in [0.15, 0.2) is 0 Å². The molecule has 0 aliphatic heterocycles. The first-order chi connectivity index (χ1) is 8.80. The van der Waals surface area contributed by atoms with Gasteiger partial charge in [0.25, 0.3) is 0 Å². The lowest BCUT2D eigenvalue weighted by Gasteiger charge is -2.28. The number of H-pyrrole nitrogens is 1. The van der Waals surface area contributed by atoms with Crippen LogP contribution < -0.4 is 5.43 Å². The second kappa shape index (κ2) is 6.31. The Bertz CT molecular complexity index is 566. The molecule has 1 aromatic rings. The molecule has 0 aliphatic rings. The molecule has 6 nitrogen and oxygen atoms in total. The van der Waals surface area contributed by atoms with E-state index in [4.69, 9.17) is 0 Å². The van der Waals surface area contributed by atoms with Crippen molar-refractivity contribution in [3.05, 3.63) is 28.7 Å². The lowest BCUT2D eigenvalue weighted by atomic mass is 10.3. The van der Waals surface area contributed by atoms with Crippen LogP contribution in [0.15, 0.2) is 28.2 Å². The van der Waals surface area contributed by atoms with Crippen molar-refractivity contribution < 1.29 is 8.42 Å². The topological polar surface area (TPSA) is 73.5 Å². The minimum Gasteiger partial charge on any atom is -0.366 e. The van der Waals surface area contributed by atoms with Gasteiger partial charge in [0, 0.05) is 37.6 Å². The summed E-state index contributed by atoms with van der Waals surface area (Å²) in [5, 5.41) is 0. The Morgan fingerprint density at radius 3 is 2.47 bits per heavy atom. The molecule has 1 atom stereocenters. The highest BCUT2D eigenvalue weighted by Gasteiger charge is 2.29. The van der Waals surface area contributed by atoms with E-state index in [0.29, 0.717) is 13.1 Å². The molecule has 0 bridgehead atoms. The van der Waals surface area contributed by atoms with Gasteiger partial charge < -0.3 is 9.88 Å². The first kappa shape index (κ1) is 15.9. The van der Waals surface area contributed by atoms with Crippen LogP contribution in [-0.4, -0.2) is 55.8 Å². The number of hydrogen-bond acceptors (Lipinski definition) is 4. The van der Waals surface area contributed by atoms with Crippen molar-refractivity contribution in [1.82, 2.24) is 14.2 Å². The molecule has 108 valence electrons. The predicted molar refractivity (Wildman–Crippen MR) is 74.6 cm³/mol. The molecule has 1 unspecified atom stereocenters. The molecule has 0 amide bonds. The third-order valence-electron chi connectivity index (χ3n) is 2.81. The fourth-order valence-electron chi connectivity index (χ4n) is 2.07. The summed E-state index contributed by atoms with van der Waals surface area (Å²) in [6.45, 7) is 4.52. The molecule has 0 spiro atoms. The summed E-state index contributed by atoms with van der Waals surface area (Å²) in [4.78, 5) is 16.1. The number of sulfonamides is 1. The van der Waals surface area contributed by atoms with Crippen LogP contribution in [0.25, 0.3) is 0 Å². The van der Waals surface area contributed by atoms with E-state index in [9.17, 15) is 13.2 Å². The molecule has 7 heteroatoms. The van der Waals surface area contributed by atoms with Crippen LogP contribution in [0.3, 0.4) is 0 Å². The zero-order chi connectivity index (χ0) is 14.6. The standard InChI is InChI=1S/C12H21N3O3S/c1-5-15(10(2)9-14(3)4)19(17,18)12-8-13-7-6-11(12)16/h6-8,10H,5,9H2,1-4H3,(H,13,16). The quantitative estimate of drug-likeness (QED) is 0.818. The van der Waals surface area contributed by atoms with Gasteiger partial charge in [-0.05, 0) is 21.0 Å². The van der Waals surface area contributed by atoms with Crippen molar-refractivity contribution in [2.45, 2.75) is 24.8 Å². The molecule has 0 aromatic carbocycles. The number of rotatable bonds is 6. The second-order valence-corrected chi connectivity index (χ2v) is 6.55. The largest absolute Gasteiger partial charge is 0.366 e. The molecule has 0 aliphatic carbocycles. The summed E-state index contributed by atoms with van der Waals surface area (Å²) >= 11 is 0. The van der Waals surface area contributed by atoms with Crippen LogP contribution in [0.1, 0.15) is 13.8 Å².